The first-order valence-corrected chi connectivity index (χ1v) is 12.5. The fourth-order valence-electron chi connectivity index (χ4n) is 2.72. The Bertz CT molecular complexity index is 1370. The smallest absolute Gasteiger partial charge is 0.261 e. The molecule has 0 bridgehead atoms. The molecule has 0 heterocycles. The summed E-state index contributed by atoms with van der Waals surface area (Å²) in [6, 6.07) is 17.7. The van der Waals surface area contributed by atoms with E-state index in [1.54, 1.807) is 37.5 Å². The lowest BCUT2D eigenvalue weighted by Gasteiger charge is -2.09. The zero-order valence-corrected chi connectivity index (χ0v) is 19.1. The van der Waals surface area contributed by atoms with Crippen LogP contribution in [0, 0.1) is 0 Å². The van der Waals surface area contributed by atoms with Gasteiger partial charge in [0, 0.05) is 17.5 Å². The van der Waals surface area contributed by atoms with Crippen molar-refractivity contribution in [3.05, 3.63) is 84.4 Å². The molecule has 33 heavy (non-hydrogen) atoms. The fraction of sp³-hybridized carbons (Fsp3) is 0.0455. The zero-order valence-electron chi connectivity index (χ0n) is 17.4. The Balaban J connectivity index is 1.63. The average Bonchev–Trinajstić information content (AvgIpc) is 2.78. The number of hydrogen-bond acceptors (Lipinski definition) is 6. The minimum absolute atomic E-state index is 0.0372. The first-order valence-electron chi connectivity index (χ1n) is 9.46. The average molecular weight is 488 g/mol. The van der Waals surface area contributed by atoms with E-state index in [2.05, 4.69) is 10.0 Å². The van der Waals surface area contributed by atoms with Crippen LogP contribution in [0.1, 0.15) is 5.56 Å². The number of sulfonamides is 2. The number of anilines is 2. The van der Waals surface area contributed by atoms with E-state index in [1.165, 1.54) is 54.6 Å². The number of carbonyl (C=O) groups excluding carboxylic acids is 1. The second-order valence-electron chi connectivity index (χ2n) is 6.80. The van der Waals surface area contributed by atoms with Gasteiger partial charge in [-0.2, -0.15) is 0 Å². The van der Waals surface area contributed by atoms with E-state index in [1.807, 2.05) is 0 Å². The van der Waals surface area contributed by atoms with Gasteiger partial charge in [0.15, 0.2) is 0 Å². The van der Waals surface area contributed by atoms with Crippen molar-refractivity contribution in [2.24, 2.45) is 5.14 Å². The van der Waals surface area contributed by atoms with E-state index in [0.29, 0.717) is 11.4 Å². The van der Waals surface area contributed by atoms with E-state index in [4.69, 9.17) is 9.88 Å². The fourth-order valence-corrected chi connectivity index (χ4v) is 4.29. The molecule has 3 aromatic carbocycles. The van der Waals surface area contributed by atoms with Crippen LogP contribution in [0.5, 0.6) is 5.75 Å². The molecule has 0 spiro atoms. The highest BCUT2D eigenvalue weighted by Crippen LogP contribution is 2.20. The number of rotatable bonds is 8. The Morgan fingerprint density at radius 3 is 1.91 bits per heavy atom. The van der Waals surface area contributed by atoms with Crippen molar-refractivity contribution in [3.63, 3.8) is 0 Å². The van der Waals surface area contributed by atoms with Crippen molar-refractivity contribution in [3.8, 4) is 5.75 Å². The van der Waals surface area contributed by atoms with Crippen molar-refractivity contribution in [2.75, 3.05) is 17.1 Å². The first-order chi connectivity index (χ1) is 15.6. The summed E-state index contributed by atoms with van der Waals surface area (Å²) < 4.78 is 55.1. The van der Waals surface area contributed by atoms with Gasteiger partial charge in [-0.3, -0.25) is 9.52 Å². The molecule has 0 aromatic heterocycles. The molecule has 0 aliphatic rings. The normalized spacial score (nSPS) is 11.8. The number of primary sulfonamides is 1. The largest absolute Gasteiger partial charge is 0.497 e. The van der Waals surface area contributed by atoms with Crippen molar-refractivity contribution < 1.29 is 26.4 Å². The highest BCUT2D eigenvalue weighted by atomic mass is 32.2. The van der Waals surface area contributed by atoms with Gasteiger partial charge in [0.25, 0.3) is 10.0 Å². The minimum atomic E-state index is -3.93. The lowest BCUT2D eigenvalue weighted by atomic mass is 10.2. The predicted molar refractivity (Wildman–Crippen MR) is 126 cm³/mol. The van der Waals surface area contributed by atoms with Crippen LogP contribution in [0.15, 0.2) is 88.7 Å². The van der Waals surface area contributed by atoms with Crippen molar-refractivity contribution in [2.45, 2.75) is 9.79 Å². The minimum Gasteiger partial charge on any atom is -0.497 e. The van der Waals surface area contributed by atoms with Gasteiger partial charge in [-0.15, -0.1) is 0 Å². The Morgan fingerprint density at radius 1 is 0.818 bits per heavy atom. The van der Waals surface area contributed by atoms with Gasteiger partial charge in [0.05, 0.1) is 16.9 Å². The Kier molecular flexibility index (Phi) is 7.16. The van der Waals surface area contributed by atoms with Gasteiger partial charge < -0.3 is 10.1 Å². The molecule has 3 aromatic rings. The maximum absolute atomic E-state index is 12.6. The molecule has 4 N–H and O–H groups in total. The van der Waals surface area contributed by atoms with Crippen LogP contribution < -0.4 is 19.9 Å². The molecular formula is C22H21N3O6S2. The van der Waals surface area contributed by atoms with Gasteiger partial charge in [-0.25, -0.2) is 22.0 Å². The zero-order chi connectivity index (χ0) is 24.1. The molecule has 0 saturated carbocycles. The summed E-state index contributed by atoms with van der Waals surface area (Å²) >= 11 is 0. The topological polar surface area (TPSA) is 145 Å². The van der Waals surface area contributed by atoms with Crippen LogP contribution in [0.4, 0.5) is 11.4 Å². The highest BCUT2D eigenvalue weighted by Gasteiger charge is 2.15. The van der Waals surface area contributed by atoms with E-state index in [9.17, 15) is 21.6 Å². The maximum Gasteiger partial charge on any atom is 0.261 e. The lowest BCUT2D eigenvalue weighted by molar-refractivity contribution is -0.111. The number of carbonyl (C=O) groups is 1. The second-order valence-corrected chi connectivity index (χ2v) is 10.0. The van der Waals surface area contributed by atoms with Crippen LogP contribution in [-0.4, -0.2) is 29.9 Å². The quantitative estimate of drug-likeness (QED) is 0.417. The molecule has 0 saturated heterocycles. The number of nitrogens with two attached hydrogens (primary N) is 1. The summed E-state index contributed by atoms with van der Waals surface area (Å²) in [6.07, 6.45) is 3.00. The SMILES string of the molecule is COc1ccc(C=CC(=O)Nc2ccc(S(=O)(=O)Nc3ccc(S(N)(=O)=O)cc3)cc2)cc1. The molecule has 0 fully saturated rings. The van der Waals surface area contributed by atoms with Gasteiger partial charge >= 0.3 is 0 Å². The molecule has 0 aliphatic heterocycles. The van der Waals surface area contributed by atoms with Gasteiger partial charge in [-0.1, -0.05) is 12.1 Å². The predicted octanol–water partition coefficient (Wildman–Crippen LogP) is 2.80. The summed E-state index contributed by atoms with van der Waals surface area (Å²) in [5.74, 6) is 0.330. The molecule has 0 atom stereocenters. The summed E-state index contributed by atoms with van der Waals surface area (Å²) in [4.78, 5) is 12.0. The number of amides is 1. The number of ether oxygens (including phenoxy) is 1. The summed E-state index contributed by atoms with van der Waals surface area (Å²) in [5.41, 5.74) is 1.40. The lowest BCUT2D eigenvalue weighted by Crippen LogP contribution is -2.14. The van der Waals surface area contributed by atoms with Gasteiger partial charge in [0.1, 0.15) is 5.75 Å². The van der Waals surface area contributed by atoms with Crippen LogP contribution in [0.3, 0.4) is 0 Å². The second kappa shape index (κ2) is 9.86. The highest BCUT2D eigenvalue weighted by molar-refractivity contribution is 7.92. The van der Waals surface area contributed by atoms with Crippen molar-refractivity contribution >= 4 is 43.4 Å². The standard InChI is InChI=1S/C22H21N3O6S2/c1-31-19-9-2-16(3-10-19)4-15-22(26)24-17-5-13-21(14-6-17)33(29,30)25-18-7-11-20(12-8-18)32(23,27)28/h2-15,25H,1H3,(H,24,26)(H2,23,27,28). The molecule has 0 unspecified atom stereocenters. The van der Waals surface area contributed by atoms with Crippen LogP contribution in [0.25, 0.3) is 6.08 Å². The van der Waals surface area contributed by atoms with Gasteiger partial charge in [-0.05, 0) is 72.3 Å². The van der Waals surface area contributed by atoms with E-state index in [0.717, 1.165) is 5.56 Å². The van der Waals surface area contributed by atoms with Crippen molar-refractivity contribution in [1.29, 1.82) is 0 Å². The molecule has 3 rings (SSSR count). The Labute approximate surface area is 192 Å². The van der Waals surface area contributed by atoms with Crippen molar-refractivity contribution in [1.82, 2.24) is 0 Å². The Hall–Kier alpha value is -3.67. The molecule has 0 aliphatic carbocycles. The molecule has 172 valence electrons. The molecule has 9 nitrogen and oxygen atoms in total. The van der Waals surface area contributed by atoms with Crippen LogP contribution in [0.2, 0.25) is 0 Å². The Morgan fingerprint density at radius 2 is 1.36 bits per heavy atom. The maximum atomic E-state index is 12.6. The third-order valence-corrected chi connectivity index (χ3v) is 6.74. The summed E-state index contributed by atoms with van der Waals surface area (Å²) in [5, 5.41) is 7.68. The molecule has 0 radical (unpaired) electrons. The third-order valence-electron chi connectivity index (χ3n) is 4.41. The number of methoxy groups -OCH3 is 1. The molecular weight excluding hydrogens is 466 g/mol. The monoisotopic (exact) mass is 487 g/mol. The summed E-state index contributed by atoms with van der Waals surface area (Å²) in [6.45, 7) is 0. The number of hydrogen-bond donors (Lipinski definition) is 3. The third kappa shape index (κ3) is 6.65. The van der Waals surface area contributed by atoms with E-state index in [-0.39, 0.29) is 21.4 Å². The number of nitrogens with one attached hydrogen (secondary N) is 2. The number of benzene rings is 3. The van der Waals surface area contributed by atoms with Crippen LogP contribution in [-0.2, 0) is 24.8 Å². The summed E-state index contributed by atoms with van der Waals surface area (Å²) in [7, 11) is -6.23. The van der Waals surface area contributed by atoms with Gasteiger partial charge in [0.2, 0.25) is 15.9 Å². The molecule has 11 heteroatoms. The van der Waals surface area contributed by atoms with E-state index < -0.39 is 20.0 Å². The molecule has 1 amide bonds. The first kappa shape index (κ1) is 24.0. The van der Waals surface area contributed by atoms with Crippen LogP contribution >= 0.6 is 0 Å². The van der Waals surface area contributed by atoms with E-state index >= 15 is 0 Å².